The number of aryl methyl sites for hydroxylation is 1. The third kappa shape index (κ3) is 3.02. The molecule has 0 amide bonds. The topological polar surface area (TPSA) is 52.0 Å². The van der Waals surface area contributed by atoms with Gasteiger partial charge in [-0.1, -0.05) is 0 Å². The Bertz CT molecular complexity index is 307. The minimum Gasteiger partial charge on any atom is -0.378 e. The van der Waals surface area contributed by atoms with E-state index < -0.39 is 0 Å². The molecule has 0 aromatic carbocycles. The molecule has 90 valence electrons. The Morgan fingerprint density at radius 1 is 1.62 bits per heavy atom. The molecule has 1 fully saturated rings. The molecule has 1 aliphatic heterocycles. The summed E-state index contributed by atoms with van der Waals surface area (Å²) in [6.07, 6.45) is 6.80. The lowest BCUT2D eigenvalue weighted by atomic mass is 10.1. The number of rotatable bonds is 6. The number of ether oxygens (including phenoxy) is 1. The Kier molecular flexibility index (Phi) is 4.30. The smallest absolute Gasteiger partial charge is 0.140 e. The fourth-order valence-electron chi connectivity index (χ4n) is 2.11. The molecule has 1 atom stereocenters. The van der Waals surface area contributed by atoms with Gasteiger partial charge >= 0.3 is 0 Å². The van der Waals surface area contributed by atoms with Crippen LogP contribution in [0.15, 0.2) is 6.33 Å². The van der Waals surface area contributed by atoms with Crippen molar-refractivity contribution in [1.29, 1.82) is 0 Å². The second kappa shape index (κ2) is 5.96. The van der Waals surface area contributed by atoms with Gasteiger partial charge in [0.15, 0.2) is 0 Å². The molecule has 1 aliphatic rings. The molecule has 0 aliphatic carbocycles. The second-order valence-corrected chi connectivity index (χ2v) is 4.21. The van der Waals surface area contributed by atoms with Gasteiger partial charge in [-0.2, -0.15) is 5.10 Å². The summed E-state index contributed by atoms with van der Waals surface area (Å²) >= 11 is 0. The molecule has 2 rings (SSSR count). The van der Waals surface area contributed by atoms with Crippen molar-refractivity contribution < 1.29 is 4.74 Å². The van der Waals surface area contributed by atoms with E-state index in [9.17, 15) is 0 Å². The molecule has 0 spiro atoms. The molecule has 0 bridgehead atoms. The van der Waals surface area contributed by atoms with Gasteiger partial charge in [-0.3, -0.25) is 0 Å². The van der Waals surface area contributed by atoms with Crippen LogP contribution < -0.4 is 5.32 Å². The van der Waals surface area contributed by atoms with Crippen LogP contribution in [0.1, 0.15) is 31.5 Å². The second-order valence-electron chi connectivity index (χ2n) is 4.21. The molecule has 0 saturated carbocycles. The molecule has 5 nitrogen and oxygen atoms in total. The first-order chi connectivity index (χ1) is 7.90. The van der Waals surface area contributed by atoms with Crippen LogP contribution in [0.2, 0.25) is 0 Å². The van der Waals surface area contributed by atoms with Gasteiger partial charge in [-0.05, 0) is 32.7 Å². The van der Waals surface area contributed by atoms with Crippen LogP contribution in [0.5, 0.6) is 0 Å². The van der Waals surface area contributed by atoms with Crippen molar-refractivity contribution in [3.05, 3.63) is 12.2 Å². The zero-order valence-electron chi connectivity index (χ0n) is 9.85. The summed E-state index contributed by atoms with van der Waals surface area (Å²) < 4.78 is 7.57. The number of nitrogens with one attached hydrogen (secondary N) is 1. The minimum atomic E-state index is 0.483. The van der Waals surface area contributed by atoms with E-state index in [4.69, 9.17) is 4.74 Å². The summed E-state index contributed by atoms with van der Waals surface area (Å²) in [6, 6.07) is 0. The lowest BCUT2D eigenvalue weighted by Crippen LogP contribution is -2.14. The van der Waals surface area contributed by atoms with Crippen LogP contribution >= 0.6 is 0 Å². The summed E-state index contributed by atoms with van der Waals surface area (Å²) in [5.41, 5.74) is 0. The number of aromatic nitrogens is 3. The number of hydrogen-bond donors (Lipinski definition) is 1. The van der Waals surface area contributed by atoms with E-state index in [2.05, 4.69) is 15.4 Å². The minimum absolute atomic E-state index is 0.483. The van der Waals surface area contributed by atoms with E-state index in [-0.39, 0.29) is 0 Å². The lowest BCUT2D eigenvalue weighted by molar-refractivity contribution is 0.101. The molecule has 16 heavy (non-hydrogen) atoms. The van der Waals surface area contributed by atoms with Crippen molar-refractivity contribution in [2.24, 2.45) is 0 Å². The predicted molar refractivity (Wildman–Crippen MR) is 61.0 cm³/mol. The number of hydrogen-bond acceptors (Lipinski definition) is 4. The van der Waals surface area contributed by atoms with E-state index in [1.165, 1.54) is 12.8 Å². The molecule has 1 aromatic rings. The molecule has 1 unspecified atom stereocenters. The van der Waals surface area contributed by atoms with Crippen LogP contribution in [0.25, 0.3) is 0 Å². The van der Waals surface area contributed by atoms with Gasteiger partial charge in [0.25, 0.3) is 0 Å². The van der Waals surface area contributed by atoms with E-state index in [0.29, 0.717) is 6.10 Å². The van der Waals surface area contributed by atoms with Crippen molar-refractivity contribution >= 4 is 0 Å². The molecule has 1 aromatic heterocycles. The van der Waals surface area contributed by atoms with Crippen LogP contribution in [0.3, 0.4) is 0 Å². The summed E-state index contributed by atoms with van der Waals surface area (Å²) in [5, 5.41) is 7.32. The molecule has 2 heterocycles. The van der Waals surface area contributed by atoms with Gasteiger partial charge in [-0.15, -0.1) is 0 Å². The Hall–Kier alpha value is -0.940. The van der Waals surface area contributed by atoms with E-state index in [1.807, 2.05) is 11.7 Å². The average molecular weight is 224 g/mol. The quantitative estimate of drug-likeness (QED) is 0.782. The van der Waals surface area contributed by atoms with Crippen molar-refractivity contribution in [3.8, 4) is 0 Å². The van der Waals surface area contributed by atoms with E-state index in [0.717, 1.165) is 38.4 Å². The van der Waals surface area contributed by atoms with Gasteiger partial charge in [0.1, 0.15) is 12.2 Å². The third-order valence-corrected chi connectivity index (χ3v) is 2.95. The van der Waals surface area contributed by atoms with Crippen molar-refractivity contribution in [2.75, 3.05) is 13.7 Å². The van der Waals surface area contributed by atoms with Gasteiger partial charge in [0.05, 0.1) is 12.6 Å². The highest BCUT2D eigenvalue weighted by Gasteiger charge is 2.14. The summed E-state index contributed by atoms with van der Waals surface area (Å²) in [6.45, 7) is 2.66. The summed E-state index contributed by atoms with van der Waals surface area (Å²) in [4.78, 5) is 4.21. The van der Waals surface area contributed by atoms with Gasteiger partial charge in [0, 0.05) is 13.2 Å². The lowest BCUT2D eigenvalue weighted by Gasteiger charge is -2.09. The zero-order chi connectivity index (χ0) is 11.2. The molecule has 1 N–H and O–H groups in total. The molecular formula is C11H20N4O. The first-order valence-corrected chi connectivity index (χ1v) is 6.03. The SMILES string of the molecule is CNCc1ncnn1CCCC1CCCO1. The summed E-state index contributed by atoms with van der Waals surface area (Å²) in [7, 11) is 1.92. The molecular weight excluding hydrogens is 204 g/mol. The normalized spacial score (nSPS) is 20.4. The molecule has 1 saturated heterocycles. The molecule has 0 radical (unpaired) electrons. The van der Waals surface area contributed by atoms with Crippen LogP contribution in [0.4, 0.5) is 0 Å². The summed E-state index contributed by atoms with van der Waals surface area (Å²) in [5.74, 6) is 1.01. The largest absolute Gasteiger partial charge is 0.378 e. The van der Waals surface area contributed by atoms with Gasteiger partial charge in [-0.25, -0.2) is 9.67 Å². The zero-order valence-corrected chi connectivity index (χ0v) is 9.85. The fraction of sp³-hybridized carbons (Fsp3) is 0.818. The van der Waals surface area contributed by atoms with Crippen molar-refractivity contribution in [2.45, 2.75) is 44.9 Å². The highest BCUT2D eigenvalue weighted by Crippen LogP contribution is 2.17. The fourth-order valence-corrected chi connectivity index (χ4v) is 2.11. The Morgan fingerprint density at radius 2 is 2.56 bits per heavy atom. The maximum absolute atomic E-state index is 5.59. The predicted octanol–water partition coefficient (Wildman–Crippen LogP) is 0.957. The van der Waals surface area contributed by atoms with Crippen LogP contribution in [0, 0.1) is 0 Å². The Labute approximate surface area is 96.2 Å². The first-order valence-electron chi connectivity index (χ1n) is 6.03. The highest BCUT2D eigenvalue weighted by atomic mass is 16.5. The number of nitrogens with zero attached hydrogens (tertiary/aromatic N) is 3. The maximum atomic E-state index is 5.59. The van der Waals surface area contributed by atoms with Crippen LogP contribution in [-0.4, -0.2) is 34.5 Å². The van der Waals surface area contributed by atoms with Crippen molar-refractivity contribution in [1.82, 2.24) is 20.1 Å². The Morgan fingerprint density at radius 3 is 3.31 bits per heavy atom. The molecule has 5 heteroatoms. The standard InChI is InChI=1S/C11H20N4O/c1-12-8-11-13-9-14-15(11)6-2-4-10-5-3-7-16-10/h9-10,12H,2-8H2,1H3. The van der Waals surface area contributed by atoms with Gasteiger partial charge < -0.3 is 10.1 Å². The average Bonchev–Trinajstić information content (AvgIpc) is 2.91. The maximum Gasteiger partial charge on any atom is 0.140 e. The van der Waals surface area contributed by atoms with E-state index in [1.54, 1.807) is 6.33 Å². The monoisotopic (exact) mass is 224 g/mol. The van der Waals surface area contributed by atoms with Crippen LogP contribution in [-0.2, 0) is 17.8 Å². The van der Waals surface area contributed by atoms with Gasteiger partial charge in [0.2, 0.25) is 0 Å². The first kappa shape index (κ1) is 11.5. The third-order valence-electron chi connectivity index (χ3n) is 2.95. The Balaban J connectivity index is 1.73. The van der Waals surface area contributed by atoms with Crippen molar-refractivity contribution in [3.63, 3.8) is 0 Å². The van der Waals surface area contributed by atoms with E-state index >= 15 is 0 Å². The highest BCUT2D eigenvalue weighted by molar-refractivity contribution is 4.83.